The van der Waals surface area contributed by atoms with Gasteiger partial charge >= 0.3 is 5.97 Å². The van der Waals surface area contributed by atoms with Crippen molar-refractivity contribution in [1.29, 1.82) is 0 Å². The predicted molar refractivity (Wildman–Crippen MR) is 106 cm³/mol. The first-order valence-electron chi connectivity index (χ1n) is 8.50. The fraction of sp³-hybridized carbons (Fsp3) is 0.263. The maximum Gasteiger partial charge on any atom is 0.331 e. The van der Waals surface area contributed by atoms with Crippen LogP contribution in [0.3, 0.4) is 0 Å². The molecule has 2 aromatic rings. The Balaban J connectivity index is 1.84. The summed E-state index contributed by atoms with van der Waals surface area (Å²) in [6, 6.07) is 4.49. The molecule has 0 aliphatic heterocycles. The summed E-state index contributed by atoms with van der Waals surface area (Å²) in [5, 5.41) is 4.57. The first-order valence-corrected chi connectivity index (χ1v) is 8.88. The zero-order chi connectivity index (χ0) is 21.6. The summed E-state index contributed by atoms with van der Waals surface area (Å²) >= 11 is 5.87. The number of amides is 2. The van der Waals surface area contributed by atoms with Crippen LogP contribution in [-0.2, 0) is 21.4 Å². The van der Waals surface area contributed by atoms with Gasteiger partial charge in [-0.2, -0.15) is 5.10 Å². The third kappa shape index (κ3) is 5.82. The van der Waals surface area contributed by atoms with Gasteiger partial charge in [0.15, 0.2) is 6.61 Å². The van der Waals surface area contributed by atoms with Crippen LogP contribution in [0.25, 0.3) is 6.08 Å². The van der Waals surface area contributed by atoms with Crippen molar-refractivity contribution >= 4 is 35.5 Å². The summed E-state index contributed by atoms with van der Waals surface area (Å²) in [7, 11) is 3.20. The molecule has 0 atom stereocenters. The number of aryl methyl sites for hydroxylation is 2. The number of halogens is 1. The second-order valence-electron chi connectivity index (χ2n) is 6.00. The number of ether oxygens (including phenoxy) is 2. The topological polar surface area (TPSA) is 112 Å². The highest BCUT2D eigenvalue weighted by Gasteiger charge is 2.14. The Bertz CT molecular complexity index is 968. The highest BCUT2D eigenvalue weighted by atomic mass is 35.5. The zero-order valence-corrected chi connectivity index (χ0v) is 17.2. The number of hydrogen-bond acceptors (Lipinski definition) is 6. The van der Waals surface area contributed by atoms with E-state index >= 15 is 0 Å². The largest absolute Gasteiger partial charge is 0.496 e. The van der Waals surface area contributed by atoms with Crippen LogP contribution in [0.5, 0.6) is 5.75 Å². The molecule has 0 saturated carbocycles. The van der Waals surface area contributed by atoms with Crippen LogP contribution < -0.4 is 15.6 Å². The van der Waals surface area contributed by atoms with Gasteiger partial charge in [-0.3, -0.25) is 25.1 Å². The fourth-order valence-corrected chi connectivity index (χ4v) is 2.63. The maximum atomic E-state index is 12.2. The molecule has 29 heavy (non-hydrogen) atoms. The third-order valence-corrected chi connectivity index (χ3v) is 4.25. The SMILES string of the molecule is COc1ccc(Cl)cc1C(=O)NNC(=O)COC(=O)/C=C/c1c(C)nn(C)c1C. The highest BCUT2D eigenvalue weighted by molar-refractivity contribution is 6.31. The third-order valence-electron chi connectivity index (χ3n) is 4.02. The van der Waals surface area contributed by atoms with Crippen molar-refractivity contribution in [3.8, 4) is 5.75 Å². The van der Waals surface area contributed by atoms with E-state index in [0.717, 1.165) is 17.0 Å². The van der Waals surface area contributed by atoms with Crippen molar-refractivity contribution in [2.45, 2.75) is 13.8 Å². The van der Waals surface area contributed by atoms with Gasteiger partial charge < -0.3 is 9.47 Å². The minimum atomic E-state index is -0.713. The molecule has 2 N–H and O–H groups in total. The number of hydrogen-bond donors (Lipinski definition) is 2. The van der Waals surface area contributed by atoms with Crippen molar-refractivity contribution in [3.63, 3.8) is 0 Å². The summed E-state index contributed by atoms with van der Waals surface area (Å²) in [6.07, 6.45) is 2.78. The molecule has 1 heterocycles. The number of hydrazine groups is 1. The van der Waals surface area contributed by atoms with E-state index < -0.39 is 24.4 Å². The van der Waals surface area contributed by atoms with Gasteiger partial charge in [-0.1, -0.05) is 11.6 Å². The van der Waals surface area contributed by atoms with E-state index in [-0.39, 0.29) is 5.56 Å². The van der Waals surface area contributed by atoms with E-state index in [4.69, 9.17) is 21.1 Å². The standard InChI is InChI=1S/C19H21ClN4O5/c1-11-14(12(2)24(3)23-11)6-8-18(26)29-10-17(25)21-22-19(27)15-9-13(20)5-7-16(15)28-4/h5-9H,10H2,1-4H3,(H,21,25)(H,22,27)/b8-6+. The van der Waals surface area contributed by atoms with Crippen molar-refractivity contribution in [1.82, 2.24) is 20.6 Å². The van der Waals surface area contributed by atoms with Crippen LogP contribution >= 0.6 is 11.6 Å². The van der Waals surface area contributed by atoms with Gasteiger partial charge in [-0.15, -0.1) is 0 Å². The molecule has 0 saturated heterocycles. The highest BCUT2D eigenvalue weighted by Crippen LogP contribution is 2.22. The molecule has 154 valence electrons. The fourth-order valence-electron chi connectivity index (χ4n) is 2.45. The number of carbonyl (C=O) groups is 3. The number of nitrogens with one attached hydrogen (secondary N) is 2. The Kier molecular flexibility index (Phi) is 7.38. The lowest BCUT2D eigenvalue weighted by Crippen LogP contribution is -2.43. The number of esters is 1. The minimum absolute atomic E-state index is 0.141. The molecule has 0 aliphatic carbocycles. The molecule has 0 aliphatic rings. The average Bonchev–Trinajstić information content (AvgIpc) is 2.94. The van der Waals surface area contributed by atoms with Gasteiger partial charge in [0.2, 0.25) is 0 Å². The number of carbonyl (C=O) groups excluding carboxylic acids is 3. The van der Waals surface area contributed by atoms with Gasteiger partial charge in [0.05, 0.1) is 18.4 Å². The lowest BCUT2D eigenvalue weighted by molar-refractivity contribution is -0.144. The normalized spacial score (nSPS) is 10.7. The number of nitrogens with zero attached hydrogens (tertiary/aromatic N) is 2. The van der Waals surface area contributed by atoms with E-state index in [1.807, 2.05) is 13.8 Å². The van der Waals surface area contributed by atoms with Crippen LogP contribution in [0.1, 0.15) is 27.3 Å². The van der Waals surface area contributed by atoms with Crippen LogP contribution in [0.15, 0.2) is 24.3 Å². The quantitative estimate of drug-likeness (QED) is 0.418. The predicted octanol–water partition coefficient (Wildman–Crippen LogP) is 1.72. The summed E-state index contributed by atoms with van der Waals surface area (Å²) in [6.45, 7) is 3.13. The molecule has 1 aromatic heterocycles. The van der Waals surface area contributed by atoms with E-state index in [1.165, 1.54) is 25.3 Å². The van der Waals surface area contributed by atoms with E-state index in [0.29, 0.717) is 10.8 Å². The summed E-state index contributed by atoms with van der Waals surface area (Å²) in [5.74, 6) is -1.76. The second kappa shape index (κ2) is 9.74. The molecular weight excluding hydrogens is 400 g/mol. The Morgan fingerprint density at radius 1 is 1.24 bits per heavy atom. The van der Waals surface area contributed by atoms with Crippen molar-refractivity contribution < 1.29 is 23.9 Å². The van der Waals surface area contributed by atoms with Crippen LogP contribution in [0, 0.1) is 13.8 Å². The molecule has 2 rings (SSSR count). The molecule has 0 radical (unpaired) electrons. The lowest BCUT2D eigenvalue weighted by Gasteiger charge is -2.10. The Morgan fingerprint density at radius 2 is 1.97 bits per heavy atom. The average molecular weight is 421 g/mol. The van der Waals surface area contributed by atoms with Gasteiger partial charge in [0.25, 0.3) is 11.8 Å². The first kappa shape index (κ1) is 22.0. The molecule has 0 bridgehead atoms. The molecular formula is C19H21ClN4O5. The maximum absolute atomic E-state index is 12.2. The molecule has 0 fully saturated rings. The van der Waals surface area contributed by atoms with E-state index in [1.54, 1.807) is 23.9 Å². The summed E-state index contributed by atoms with van der Waals surface area (Å²) in [5.41, 5.74) is 6.96. The van der Waals surface area contributed by atoms with Gasteiger partial charge in [0.1, 0.15) is 5.75 Å². The van der Waals surface area contributed by atoms with Gasteiger partial charge in [-0.25, -0.2) is 4.79 Å². The summed E-state index contributed by atoms with van der Waals surface area (Å²) < 4.78 is 11.6. The minimum Gasteiger partial charge on any atom is -0.496 e. The van der Waals surface area contributed by atoms with Crippen molar-refractivity contribution in [2.24, 2.45) is 7.05 Å². The molecule has 0 unspecified atom stereocenters. The van der Waals surface area contributed by atoms with Gasteiger partial charge in [-0.05, 0) is 38.1 Å². The van der Waals surface area contributed by atoms with Crippen molar-refractivity contribution in [2.75, 3.05) is 13.7 Å². The van der Waals surface area contributed by atoms with Gasteiger partial charge in [0, 0.05) is 29.4 Å². The first-order chi connectivity index (χ1) is 13.7. The lowest BCUT2D eigenvalue weighted by atomic mass is 10.2. The Hall–Kier alpha value is -3.33. The molecule has 10 heteroatoms. The Morgan fingerprint density at radius 3 is 2.59 bits per heavy atom. The smallest absolute Gasteiger partial charge is 0.331 e. The number of aromatic nitrogens is 2. The zero-order valence-electron chi connectivity index (χ0n) is 16.4. The van der Waals surface area contributed by atoms with E-state index in [2.05, 4.69) is 16.0 Å². The van der Waals surface area contributed by atoms with Crippen LogP contribution in [-0.4, -0.2) is 41.3 Å². The second-order valence-corrected chi connectivity index (χ2v) is 6.43. The monoisotopic (exact) mass is 420 g/mol. The Labute approximate surface area is 172 Å². The van der Waals surface area contributed by atoms with Crippen LogP contribution in [0.2, 0.25) is 5.02 Å². The van der Waals surface area contributed by atoms with E-state index in [9.17, 15) is 14.4 Å². The molecule has 0 spiro atoms. The number of benzene rings is 1. The molecule has 1 aromatic carbocycles. The number of methoxy groups -OCH3 is 1. The molecule has 2 amide bonds. The van der Waals surface area contributed by atoms with Crippen LogP contribution in [0.4, 0.5) is 0 Å². The number of rotatable bonds is 6. The molecule has 9 nitrogen and oxygen atoms in total. The van der Waals surface area contributed by atoms with Crippen molar-refractivity contribution in [3.05, 3.63) is 51.8 Å². The summed E-state index contributed by atoms with van der Waals surface area (Å²) in [4.78, 5) is 35.7.